The van der Waals surface area contributed by atoms with Crippen LogP contribution in [0.4, 0.5) is 0 Å². The van der Waals surface area contributed by atoms with Gasteiger partial charge in [0.25, 0.3) is 0 Å². The molecule has 7 heteroatoms. The van der Waals surface area contributed by atoms with Gasteiger partial charge in [-0.25, -0.2) is 13.2 Å². The zero-order chi connectivity index (χ0) is 18.2. The highest BCUT2D eigenvalue weighted by Crippen LogP contribution is 2.17. The quantitative estimate of drug-likeness (QED) is 0.404. The molecule has 1 rings (SSSR count). The van der Waals surface area contributed by atoms with Crippen LogP contribution in [0.3, 0.4) is 0 Å². The molecular formula is C17H24O6S. The van der Waals surface area contributed by atoms with Crippen molar-refractivity contribution >= 4 is 15.8 Å². The second-order valence-electron chi connectivity index (χ2n) is 6.05. The van der Waals surface area contributed by atoms with Gasteiger partial charge in [-0.05, 0) is 32.9 Å². The van der Waals surface area contributed by atoms with Crippen LogP contribution in [-0.2, 0) is 28.8 Å². The normalized spacial score (nSPS) is 12.9. The molecule has 6 nitrogen and oxygen atoms in total. The van der Waals surface area contributed by atoms with Crippen molar-refractivity contribution in [2.24, 2.45) is 0 Å². The topological polar surface area (TPSA) is 78.9 Å². The van der Waals surface area contributed by atoms with Gasteiger partial charge in [-0.3, -0.25) is 0 Å². The van der Waals surface area contributed by atoms with Gasteiger partial charge in [-0.1, -0.05) is 18.2 Å². The Morgan fingerprint density at radius 1 is 1.12 bits per heavy atom. The van der Waals surface area contributed by atoms with Crippen LogP contribution < -0.4 is 0 Å². The number of hydrogen-bond donors (Lipinski definition) is 0. The lowest BCUT2D eigenvalue weighted by molar-refractivity contribution is -0.150. The van der Waals surface area contributed by atoms with Gasteiger partial charge in [0, 0.05) is 12.5 Å². The SMILES string of the molecule is COCCOC/C(=C\S(=O)(=O)c1ccccc1)C(=O)OC(C)(C)C. The number of methoxy groups -OCH3 is 1. The maximum atomic E-state index is 12.4. The summed E-state index contributed by atoms with van der Waals surface area (Å²) in [4.78, 5) is 12.4. The summed E-state index contributed by atoms with van der Waals surface area (Å²) in [6.45, 7) is 5.53. The molecule has 0 heterocycles. The first kappa shape index (κ1) is 20.3. The van der Waals surface area contributed by atoms with Crippen LogP contribution in [0.15, 0.2) is 46.2 Å². The fraction of sp³-hybridized carbons (Fsp3) is 0.471. The third kappa shape index (κ3) is 7.25. The first-order valence-electron chi connectivity index (χ1n) is 7.46. The van der Waals surface area contributed by atoms with Crippen molar-refractivity contribution in [2.75, 3.05) is 26.9 Å². The van der Waals surface area contributed by atoms with Crippen molar-refractivity contribution in [3.05, 3.63) is 41.3 Å². The van der Waals surface area contributed by atoms with Crippen LogP contribution in [-0.4, -0.2) is 46.9 Å². The van der Waals surface area contributed by atoms with E-state index in [0.717, 1.165) is 5.41 Å². The van der Waals surface area contributed by atoms with Crippen LogP contribution in [0.5, 0.6) is 0 Å². The van der Waals surface area contributed by atoms with Gasteiger partial charge in [0.15, 0.2) is 9.84 Å². The monoisotopic (exact) mass is 356 g/mol. The molecule has 24 heavy (non-hydrogen) atoms. The number of esters is 1. The molecule has 1 aromatic carbocycles. The number of hydrogen-bond acceptors (Lipinski definition) is 6. The van der Waals surface area contributed by atoms with E-state index in [-0.39, 0.29) is 23.7 Å². The largest absolute Gasteiger partial charge is 0.457 e. The van der Waals surface area contributed by atoms with E-state index in [0.29, 0.717) is 6.61 Å². The Bertz CT molecular complexity index is 656. The predicted octanol–water partition coefficient (Wildman–Crippen LogP) is 2.35. The Balaban J connectivity index is 3.04. The molecule has 0 aliphatic carbocycles. The van der Waals surface area contributed by atoms with E-state index in [1.54, 1.807) is 39.0 Å². The number of carbonyl (C=O) groups excluding carboxylic acids is 1. The minimum Gasteiger partial charge on any atom is -0.457 e. The third-order valence-electron chi connectivity index (χ3n) is 2.72. The molecule has 0 bridgehead atoms. The van der Waals surface area contributed by atoms with Crippen molar-refractivity contribution in [1.29, 1.82) is 0 Å². The van der Waals surface area contributed by atoms with Gasteiger partial charge in [-0.2, -0.15) is 0 Å². The molecule has 0 fully saturated rings. The summed E-state index contributed by atoms with van der Waals surface area (Å²) >= 11 is 0. The number of benzene rings is 1. The van der Waals surface area contributed by atoms with Crippen molar-refractivity contribution in [1.82, 2.24) is 0 Å². The summed E-state index contributed by atoms with van der Waals surface area (Å²) in [5, 5.41) is 0.906. The standard InChI is InChI=1S/C17H24O6S/c1-17(2,3)23-16(18)14(12-22-11-10-21-4)13-24(19,20)15-8-6-5-7-9-15/h5-9,13H,10-12H2,1-4H3/b14-13+. The maximum absolute atomic E-state index is 12.4. The summed E-state index contributed by atoms with van der Waals surface area (Å²) in [6.07, 6.45) is 0. The summed E-state index contributed by atoms with van der Waals surface area (Å²) in [5.74, 6) is -0.723. The third-order valence-corrected chi connectivity index (χ3v) is 4.24. The van der Waals surface area contributed by atoms with E-state index in [1.807, 2.05) is 0 Å². The van der Waals surface area contributed by atoms with Gasteiger partial charge in [0.05, 0.1) is 30.3 Å². The fourth-order valence-electron chi connectivity index (χ4n) is 1.67. The van der Waals surface area contributed by atoms with Crippen LogP contribution >= 0.6 is 0 Å². The summed E-state index contributed by atoms with van der Waals surface area (Å²) < 4.78 is 40.3. The Kier molecular flexibility index (Phi) is 7.59. The summed E-state index contributed by atoms with van der Waals surface area (Å²) in [5.41, 5.74) is -0.802. The summed E-state index contributed by atoms with van der Waals surface area (Å²) in [7, 11) is -2.26. The van der Waals surface area contributed by atoms with E-state index in [9.17, 15) is 13.2 Å². The lowest BCUT2D eigenvalue weighted by Crippen LogP contribution is -2.26. The zero-order valence-corrected chi connectivity index (χ0v) is 15.3. The van der Waals surface area contributed by atoms with E-state index < -0.39 is 21.4 Å². The van der Waals surface area contributed by atoms with Crippen molar-refractivity contribution in [3.63, 3.8) is 0 Å². The molecule has 134 valence electrons. The molecule has 0 unspecified atom stereocenters. The van der Waals surface area contributed by atoms with Crippen LogP contribution in [0.2, 0.25) is 0 Å². The molecule has 0 aliphatic heterocycles. The smallest absolute Gasteiger partial charge is 0.337 e. The number of rotatable bonds is 8. The lowest BCUT2D eigenvalue weighted by atomic mass is 10.2. The van der Waals surface area contributed by atoms with Gasteiger partial charge in [0.2, 0.25) is 0 Å². The number of ether oxygens (including phenoxy) is 3. The molecule has 0 saturated carbocycles. The van der Waals surface area contributed by atoms with E-state index in [4.69, 9.17) is 14.2 Å². The van der Waals surface area contributed by atoms with E-state index in [1.165, 1.54) is 19.2 Å². The van der Waals surface area contributed by atoms with Gasteiger partial charge >= 0.3 is 5.97 Å². The molecule has 0 radical (unpaired) electrons. The molecule has 1 aromatic rings. The second-order valence-corrected chi connectivity index (χ2v) is 7.85. The number of carbonyl (C=O) groups is 1. The minimum absolute atomic E-state index is 0.0649. The van der Waals surface area contributed by atoms with Crippen molar-refractivity contribution < 1.29 is 27.4 Å². The Hall–Kier alpha value is -1.70. The molecule has 0 atom stereocenters. The highest BCUT2D eigenvalue weighted by atomic mass is 32.2. The Morgan fingerprint density at radius 3 is 2.29 bits per heavy atom. The average molecular weight is 356 g/mol. The molecule has 0 amide bonds. The minimum atomic E-state index is -3.78. The number of sulfone groups is 1. The van der Waals surface area contributed by atoms with Gasteiger partial charge in [-0.15, -0.1) is 0 Å². The van der Waals surface area contributed by atoms with Crippen LogP contribution in [0.1, 0.15) is 20.8 Å². The van der Waals surface area contributed by atoms with Crippen LogP contribution in [0, 0.1) is 0 Å². The Morgan fingerprint density at radius 2 is 1.75 bits per heavy atom. The first-order valence-corrected chi connectivity index (χ1v) is 9.01. The average Bonchev–Trinajstić information content (AvgIpc) is 2.49. The Labute approximate surface area is 143 Å². The second kappa shape index (κ2) is 8.96. The van der Waals surface area contributed by atoms with Gasteiger partial charge in [0.1, 0.15) is 5.60 Å². The highest BCUT2D eigenvalue weighted by Gasteiger charge is 2.23. The van der Waals surface area contributed by atoms with E-state index in [2.05, 4.69) is 0 Å². The molecule has 0 spiro atoms. The first-order chi connectivity index (χ1) is 11.2. The predicted molar refractivity (Wildman–Crippen MR) is 90.3 cm³/mol. The van der Waals surface area contributed by atoms with E-state index >= 15 is 0 Å². The molecular weight excluding hydrogens is 332 g/mol. The molecule has 0 N–H and O–H groups in total. The maximum Gasteiger partial charge on any atom is 0.337 e. The highest BCUT2D eigenvalue weighted by molar-refractivity contribution is 7.94. The van der Waals surface area contributed by atoms with Crippen molar-refractivity contribution in [2.45, 2.75) is 31.3 Å². The fourth-order valence-corrected chi connectivity index (χ4v) is 2.89. The summed E-state index contributed by atoms with van der Waals surface area (Å²) in [6, 6.07) is 7.87. The molecule has 0 aliphatic rings. The lowest BCUT2D eigenvalue weighted by Gasteiger charge is -2.20. The zero-order valence-electron chi connectivity index (χ0n) is 14.4. The van der Waals surface area contributed by atoms with Crippen molar-refractivity contribution in [3.8, 4) is 0 Å². The van der Waals surface area contributed by atoms with Crippen LogP contribution in [0.25, 0.3) is 0 Å². The van der Waals surface area contributed by atoms with Gasteiger partial charge < -0.3 is 14.2 Å². The molecule has 0 aromatic heterocycles. The molecule has 0 saturated heterocycles.